The molecule has 11 heavy (non-hydrogen) atoms. The van der Waals surface area contributed by atoms with Crippen LogP contribution in [-0.4, -0.2) is 22.5 Å². The van der Waals surface area contributed by atoms with Crippen LogP contribution in [-0.2, 0) is 4.44 Å². The second-order valence-corrected chi connectivity index (χ2v) is 3.22. The van der Waals surface area contributed by atoms with Gasteiger partial charge in [0.2, 0.25) is 0 Å². The summed E-state index contributed by atoms with van der Waals surface area (Å²) in [6, 6.07) is 1.41. The summed E-state index contributed by atoms with van der Waals surface area (Å²) in [5.74, 6) is -2.43. The van der Waals surface area contributed by atoms with Crippen molar-refractivity contribution in [1.82, 2.24) is 0 Å². The molecule has 58 valence electrons. The molecule has 0 N–H and O–H groups in total. The molecule has 0 aliphatic rings. The topological polar surface area (TPSA) is 0 Å². The summed E-state index contributed by atoms with van der Waals surface area (Å²) < 4.78 is 37.9. The van der Waals surface area contributed by atoms with Crippen molar-refractivity contribution < 1.29 is 13.2 Å². The molecule has 0 spiro atoms. The normalized spacial score (nSPS) is 10.2. The van der Waals surface area contributed by atoms with Crippen molar-refractivity contribution in [3.05, 3.63) is 35.1 Å². The number of rotatable bonds is 1. The first-order valence-corrected chi connectivity index (χ1v) is 5.31. The van der Waals surface area contributed by atoms with Crippen LogP contribution < -0.4 is 0 Å². The van der Waals surface area contributed by atoms with E-state index in [1.165, 1.54) is 0 Å². The van der Waals surface area contributed by atoms with Gasteiger partial charge < -0.3 is 0 Å². The van der Waals surface area contributed by atoms with Crippen LogP contribution in [0.15, 0.2) is 12.1 Å². The van der Waals surface area contributed by atoms with Gasteiger partial charge in [-0.25, -0.2) is 0 Å². The first kappa shape index (κ1) is 8.90. The molecule has 0 aliphatic carbocycles. The average molecular weight is 265 g/mol. The molecule has 0 fully saturated rings. The maximum atomic E-state index is 12.7. The predicted octanol–water partition coefficient (Wildman–Crippen LogP) is 1.50. The van der Waals surface area contributed by atoms with E-state index in [4.69, 9.17) is 0 Å². The fourth-order valence-corrected chi connectivity index (χ4v) is 1.88. The van der Waals surface area contributed by atoms with Crippen molar-refractivity contribution in [2.24, 2.45) is 0 Å². The van der Waals surface area contributed by atoms with E-state index < -0.39 is 17.5 Å². The van der Waals surface area contributed by atoms with Gasteiger partial charge in [-0.3, -0.25) is 0 Å². The van der Waals surface area contributed by atoms with Crippen molar-refractivity contribution >= 4 is 22.5 Å². The summed E-state index contributed by atoms with van der Waals surface area (Å²) in [5.41, 5.74) is -0.00574. The van der Waals surface area contributed by atoms with E-state index in [-0.39, 0.29) is 5.56 Å². The number of halogens is 3. The molecule has 0 aromatic heterocycles. The Balaban J connectivity index is 3.25. The summed E-state index contributed by atoms with van der Waals surface area (Å²) in [6.45, 7) is 0. The standard InChI is InChI=1S/C7H4F3.Sn.H/c1-4-6(9)2-5(8)3-7(4)10;;/h2-3H,1H2;;. The van der Waals surface area contributed by atoms with E-state index >= 15 is 0 Å². The molecule has 0 heterocycles. The van der Waals surface area contributed by atoms with E-state index in [1.807, 2.05) is 0 Å². The van der Waals surface area contributed by atoms with Crippen LogP contribution in [0.25, 0.3) is 0 Å². The van der Waals surface area contributed by atoms with Crippen molar-refractivity contribution in [3.8, 4) is 0 Å². The molecule has 0 saturated carbocycles. The van der Waals surface area contributed by atoms with Gasteiger partial charge in [0.05, 0.1) is 0 Å². The molecular formula is C7H5F3Sn. The Bertz CT molecular complexity index is 249. The van der Waals surface area contributed by atoms with Crippen LogP contribution in [0, 0.1) is 17.5 Å². The number of benzene rings is 1. The molecule has 0 amide bonds. The van der Waals surface area contributed by atoms with Crippen molar-refractivity contribution in [3.63, 3.8) is 0 Å². The Morgan fingerprint density at radius 2 is 1.55 bits per heavy atom. The van der Waals surface area contributed by atoms with Gasteiger partial charge in [-0.05, 0) is 0 Å². The van der Waals surface area contributed by atoms with E-state index in [0.717, 1.165) is 22.5 Å². The van der Waals surface area contributed by atoms with Gasteiger partial charge >= 0.3 is 75.3 Å². The Kier molecular flexibility index (Phi) is 2.81. The van der Waals surface area contributed by atoms with E-state index in [9.17, 15) is 13.2 Å². The van der Waals surface area contributed by atoms with Crippen LogP contribution in [0.1, 0.15) is 5.56 Å². The van der Waals surface area contributed by atoms with Crippen LogP contribution >= 0.6 is 0 Å². The van der Waals surface area contributed by atoms with E-state index in [1.54, 1.807) is 0 Å². The van der Waals surface area contributed by atoms with Gasteiger partial charge in [0.25, 0.3) is 0 Å². The molecular weight excluding hydrogens is 260 g/mol. The molecule has 0 bridgehead atoms. The number of hydrogen-bond acceptors (Lipinski definition) is 0. The van der Waals surface area contributed by atoms with Gasteiger partial charge in [0.15, 0.2) is 0 Å². The summed E-state index contributed by atoms with van der Waals surface area (Å²) in [6.07, 6.45) is 0. The van der Waals surface area contributed by atoms with E-state index in [0.29, 0.717) is 16.6 Å². The third-order valence-electron chi connectivity index (χ3n) is 1.31. The third-order valence-corrected chi connectivity index (χ3v) is 2.48. The van der Waals surface area contributed by atoms with Gasteiger partial charge in [-0.1, -0.05) is 0 Å². The molecule has 1 aromatic carbocycles. The van der Waals surface area contributed by atoms with Crippen molar-refractivity contribution in [2.75, 3.05) is 0 Å². The zero-order valence-electron chi connectivity index (χ0n) is 5.57. The Morgan fingerprint density at radius 3 is 1.91 bits per heavy atom. The van der Waals surface area contributed by atoms with Crippen molar-refractivity contribution in [2.45, 2.75) is 4.44 Å². The predicted molar refractivity (Wildman–Crippen MR) is 37.2 cm³/mol. The van der Waals surface area contributed by atoms with Crippen LogP contribution in [0.3, 0.4) is 0 Å². The molecule has 1 aromatic rings. The third kappa shape index (κ3) is 1.89. The molecule has 2 radical (unpaired) electrons. The summed E-state index contributed by atoms with van der Waals surface area (Å²) >= 11 is 0.729. The second-order valence-electron chi connectivity index (χ2n) is 2.05. The summed E-state index contributed by atoms with van der Waals surface area (Å²) in [4.78, 5) is 0. The van der Waals surface area contributed by atoms with Gasteiger partial charge in [-0.15, -0.1) is 0 Å². The summed E-state index contributed by atoms with van der Waals surface area (Å²) in [7, 11) is 0. The first-order valence-electron chi connectivity index (χ1n) is 2.98. The van der Waals surface area contributed by atoms with Crippen LogP contribution in [0.4, 0.5) is 13.2 Å². The molecule has 0 atom stereocenters. The molecule has 0 unspecified atom stereocenters. The van der Waals surface area contributed by atoms with Gasteiger partial charge in [-0.2, -0.15) is 0 Å². The molecule has 0 aliphatic heterocycles. The zero-order valence-corrected chi connectivity index (χ0v) is 8.87. The minimum atomic E-state index is -0.863. The van der Waals surface area contributed by atoms with Gasteiger partial charge in [0, 0.05) is 0 Å². The van der Waals surface area contributed by atoms with Gasteiger partial charge in [0.1, 0.15) is 0 Å². The maximum absolute atomic E-state index is 12.7. The fraction of sp³-hybridized carbons (Fsp3) is 0.143. The zero-order chi connectivity index (χ0) is 8.43. The quantitative estimate of drug-likeness (QED) is 0.675. The van der Waals surface area contributed by atoms with Crippen molar-refractivity contribution in [1.29, 1.82) is 0 Å². The van der Waals surface area contributed by atoms with E-state index in [2.05, 4.69) is 0 Å². The number of hydrogen-bond donors (Lipinski definition) is 0. The minimum absolute atomic E-state index is 0.00574. The molecule has 4 heteroatoms. The second kappa shape index (κ2) is 3.47. The Hall–Kier alpha value is -0.191. The SMILES string of the molecule is Fc1cc(F)c([CH2][SnH])c(F)c1. The van der Waals surface area contributed by atoms with Crippen LogP contribution in [0.2, 0.25) is 0 Å². The fourth-order valence-electron chi connectivity index (χ4n) is 0.767. The Labute approximate surface area is 75.5 Å². The summed E-state index contributed by atoms with van der Waals surface area (Å²) in [5, 5.41) is 0. The monoisotopic (exact) mass is 266 g/mol. The molecule has 0 saturated heterocycles. The van der Waals surface area contributed by atoms with Crippen LogP contribution in [0.5, 0.6) is 0 Å². The Morgan fingerprint density at radius 1 is 1.09 bits per heavy atom. The average Bonchev–Trinajstić information content (AvgIpc) is 1.85. The molecule has 0 nitrogen and oxygen atoms in total. The first-order chi connectivity index (χ1) is 5.15. The molecule has 1 rings (SSSR count).